The van der Waals surface area contributed by atoms with Crippen molar-refractivity contribution in [3.63, 3.8) is 0 Å². The highest BCUT2D eigenvalue weighted by Gasteiger charge is 2.03. The molecule has 0 unspecified atom stereocenters. The number of rotatable bonds is 2. The van der Waals surface area contributed by atoms with Crippen LogP contribution in [0.2, 0.25) is 0 Å². The minimum absolute atomic E-state index is 0.832. The van der Waals surface area contributed by atoms with Gasteiger partial charge in [-0.15, -0.1) is 23.7 Å². The lowest BCUT2D eigenvalue weighted by molar-refractivity contribution is 1.05. The molecule has 0 N–H and O–H groups in total. The highest BCUT2D eigenvalue weighted by atomic mass is 79.9. The van der Waals surface area contributed by atoms with E-state index in [9.17, 15) is 0 Å². The maximum Gasteiger partial charge on any atom is 0.0343 e. The molecule has 0 aliphatic rings. The summed E-state index contributed by atoms with van der Waals surface area (Å²) >= 11 is 5.30. The van der Waals surface area contributed by atoms with Crippen molar-refractivity contribution in [3.05, 3.63) is 20.3 Å². The Morgan fingerprint density at radius 3 is 2.91 bits per heavy atom. The Hall–Kier alpha value is -0.260. The summed E-state index contributed by atoms with van der Waals surface area (Å²) in [6.45, 7) is 2.10. The molecule has 0 saturated heterocycles. The Kier molecular flexibility index (Phi) is 3.16. The molecule has 0 atom stereocenters. The van der Waals surface area contributed by atoms with Gasteiger partial charge in [-0.25, -0.2) is 0 Å². The first kappa shape index (κ1) is 8.83. The molecule has 1 rings (SSSR count). The van der Waals surface area contributed by atoms with Crippen LogP contribution < -0.4 is 0 Å². The lowest BCUT2D eigenvalue weighted by Gasteiger charge is -1.92. The van der Waals surface area contributed by atoms with E-state index >= 15 is 0 Å². The third kappa shape index (κ3) is 2.08. The van der Waals surface area contributed by atoms with Gasteiger partial charge in [-0.2, -0.15) is 0 Å². The van der Waals surface area contributed by atoms with Gasteiger partial charge >= 0.3 is 0 Å². The van der Waals surface area contributed by atoms with Gasteiger partial charge < -0.3 is 0 Å². The van der Waals surface area contributed by atoms with Gasteiger partial charge in [-0.1, -0.05) is 0 Å². The first-order valence-electron chi connectivity index (χ1n) is 3.41. The molecule has 0 bridgehead atoms. The van der Waals surface area contributed by atoms with Crippen LogP contribution in [-0.2, 0) is 6.42 Å². The van der Waals surface area contributed by atoms with E-state index in [0.29, 0.717) is 0 Å². The average molecular weight is 229 g/mol. The van der Waals surface area contributed by atoms with E-state index in [-0.39, 0.29) is 0 Å². The van der Waals surface area contributed by atoms with E-state index < -0.39 is 0 Å². The SMILES string of the molecule is C#CCCc1scc(C)c1Br. The maximum absolute atomic E-state index is 5.17. The van der Waals surface area contributed by atoms with Crippen LogP contribution in [-0.4, -0.2) is 0 Å². The van der Waals surface area contributed by atoms with E-state index in [1.54, 1.807) is 11.3 Å². The monoisotopic (exact) mass is 228 g/mol. The highest BCUT2D eigenvalue weighted by molar-refractivity contribution is 9.10. The molecule has 1 heterocycles. The van der Waals surface area contributed by atoms with Crippen LogP contribution >= 0.6 is 27.3 Å². The standard InChI is InChI=1S/C9H9BrS/c1-3-4-5-8-9(10)7(2)6-11-8/h1,6H,4-5H2,2H3. The molecule has 11 heavy (non-hydrogen) atoms. The van der Waals surface area contributed by atoms with Gasteiger partial charge in [-0.3, -0.25) is 0 Å². The normalized spacial score (nSPS) is 9.55. The van der Waals surface area contributed by atoms with E-state index in [0.717, 1.165) is 12.8 Å². The van der Waals surface area contributed by atoms with Gasteiger partial charge in [0, 0.05) is 15.8 Å². The zero-order valence-corrected chi connectivity index (χ0v) is 8.76. The Balaban J connectivity index is 2.72. The molecule has 0 fully saturated rings. The van der Waals surface area contributed by atoms with Crippen LogP contribution in [0.15, 0.2) is 9.85 Å². The fourth-order valence-corrected chi connectivity index (χ4v) is 2.50. The molecule has 1 aromatic rings. The second kappa shape index (κ2) is 3.94. The molecule has 2 heteroatoms. The molecule has 0 nitrogen and oxygen atoms in total. The molecule has 0 spiro atoms. The van der Waals surface area contributed by atoms with Crippen molar-refractivity contribution in [2.75, 3.05) is 0 Å². The predicted octanol–water partition coefficient (Wildman–Crippen LogP) is 3.38. The summed E-state index contributed by atoms with van der Waals surface area (Å²) < 4.78 is 1.23. The predicted molar refractivity (Wildman–Crippen MR) is 53.9 cm³/mol. The summed E-state index contributed by atoms with van der Waals surface area (Å²) in [5, 5.41) is 2.15. The van der Waals surface area contributed by atoms with Crippen LogP contribution in [0.5, 0.6) is 0 Å². The zero-order valence-electron chi connectivity index (χ0n) is 6.36. The molecule has 0 aliphatic carbocycles. The van der Waals surface area contributed by atoms with Crippen LogP contribution in [0.3, 0.4) is 0 Å². The molecule has 58 valence electrons. The summed E-state index contributed by atoms with van der Waals surface area (Å²) in [5.74, 6) is 2.64. The van der Waals surface area contributed by atoms with Crippen LogP contribution in [0.4, 0.5) is 0 Å². The number of aryl methyl sites for hydroxylation is 2. The first-order valence-corrected chi connectivity index (χ1v) is 5.09. The summed E-state index contributed by atoms with van der Waals surface area (Å²) in [6, 6.07) is 0. The van der Waals surface area contributed by atoms with Gasteiger partial charge in [-0.05, 0) is 40.2 Å². The Labute approximate surface area is 79.8 Å². The molecular formula is C9H9BrS. The Morgan fingerprint density at radius 1 is 1.73 bits per heavy atom. The topological polar surface area (TPSA) is 0 Å². The second-order valence-corrected chi connectivity index (χ2v) is 4.12. The van der Waals surface area contributed by atoms with Crippen molar-refractivity contribution >= 4 is 27.3 Å². The van der Waals surface area contributed by atoms with Crippen molar-refractivity contribution in [1.82, 2.24) is 0 Å². The molecular weight excluding hydrogens is 220 g/mol. The van der Waals surface area contributed by atoms with Crippen molar-refractivity contribution < 1.29 is 0 Å². The van der Waals surface area contributed by atoms with Gasteiger partial charge in [0.1, 0.15) is 0 Å². The minimum atomic E-state index is 0.832. The van der Waals surface area contributed by atoms with Gasteiger partial charge in [0.15, 0.2) is 0 Å². The molecule has 0 amide bonds. The zero-order chi connectivity index (χ0) is 8.27. The van der Waals surface area contributed by atoms with Gasteiger partial charge in [0.05, 0.1) is 0 Å². The molecule has 0 saturated carbocycles. The third-order valence-corrected chi connectivity index (χ3v) is 4.00. The number of thiophene rings is 1. The van der Waals surface area contributed by atoms with Crippen molar-refractivity contribution in [3.8, 4) is 12.3 Å². The molecule has 0 aromatic carbocycles. The van der Waals surface area contributed by atoms with Crippen LogP contribution in [0.1, 0.15) is 16.9 Å². The first-order chi connectivity index (χ1) is 5.25. The maximum atomic E-state index is 5.17. The van der Waals surface area contributed by atoms with Crippen LogP contribution in [0.25, 0.3) is 0 Å². The summed E-state index contributed by atoms with van der Waals surface area (Å²) in [5.41, 5.74) is 1.31. The van der Waals surface area contributed by atoms with Crippen molar-refractivity contribution in [2.24, 2.45) is 0 Å². The van der Waals surface area contributed by atoms with Gasteiger partial charge in [0.25, 0.3) is 0 Å². The van der Waals surface area contributed by atoms with E-state index in [1.807, 2.05) is 0 Å². The molecule has 0 aliphatic heterocycles. The Bertz CT molecular complexity index is 280. The highest BCUT2D eigenvalue weighted by Crippen LogP contribution is 2.28. The van der Waals surface area contributed by atoms with Crippen LogP contribution in [0, 0.1) is 19.3 Å². The fourth-order valence-electron chi connectivity index (χ4n) is 0.837. The smallest absolute Gasteiger partial charge is 0.0343 e. The minimum Gasteiger partial charge on any atom is -0.147 e. The summed E-state index contributed by atoms with van der Waals surface area (Å²) in [7, 11) is 0. The fraction of sp³-hybridized carbons (Fsp3) is 0.333. The summed E-state index contributed by atoms with van der Waals surface area (Å²) in [6.07, 6.45) is 7.00. The molecule has 1 aromatic heterocycles. The number of hydrogen-bond donors (Lipinski definition) is 0. The lowest BCUT2D eigenvalue weighted by atomic mass is 10.2. The second-order valence-electron chi connectivity index (χ2n) is 2.36. The van der Waals surface area contributed by atoms with E-state index in [2.05, 4.69) is 34.2 Å². The number of hydrogen-bond acceptors (Lipinski definition) is 1. The average Bonchev–Trinajstić information content (AvgIpc) is 2.31. The summed E-state index contributed by atoms with van der Waals surface area (Å²) in [4.78, 5) is 1.36. The quantitative estimate of drug-likeness (QED) is 0.682. The van der Waals surface area contributed by atoms with Crippen molar-refractivity contribution in [1.29, 1.82) is 0 Å². The molecule has 0 radical (unpaired) electrons. The lowest BCUT2D eigenvalue weighted by Crippen LogP contribution is -1.78. The van der Waals surface area contributed by atoms with Crippen molar-refractivity contribution in [2.45, 2.75) is 19.8 Å². The number of terminal acetylenes is 1. The van der Waals surface area contributed by atoms with Gasteiger partial charge in [0.2, 0.25) is 0 Å². The largest absolute Gasteiger partial charge is 0.147 e. The van der Waals surface area contributed by atoms with E-state index in [4.69, 9.17) is 6.42 Å². The Morgan fingerprint density at radius 2 is 2.45 bits per heavy atom. The number of halogens is 1. The van der Waals surface area contributed by atoms with E-state index in [1.165, 1.54) is 14.9 Å². The third-order valence-electron chi connectivity index (χ3n) is 1.47.